The largest absolute Gasteiger partial charge is 0.438 e. The standard InChI is InChI=1S/C17H25N3O6S/c1-3-13(24-2)16(22)20-6-7-26-17(11-20)4-8-27(23,9-5-17)19-15(21)14-10-18-12-25-14/h10,12-13H,3-9,11H2,1-2H3. The van der Waals surface area contributed by atoms with Gasteiger partial charge in [0.15, 0.2) is 6.39 Å². The van der Waals surface area contributed by atoms with Crippen LogP contribution in [0.15, 0.2) is 21.4 Å². The van der Waals surface area contributed by atoms with Crippen molar-refractivity contribution in [1.29, 1.82) is 0 Å². The van der Waals surface area contributed by atoms with E-state index < -0.39 is 27.3 Å². The number of carbonyl (C=O) groups excluding carboxylic acids is 2. The summed E-state index contributed by atoms with van der Waals surface area (Å²) >= 11 is 0. The van der Waals surface area contributed by atoms with Crippen LogP contribution in [-0.2, 0) is 24.0 Å². The summed E-state index contributed by atoms with van der Waals surface area (Å²) in [4.78, 5) is 30.1. The van der Waals surface area contributed by atoms with Crippen LogP contribution in [0, 0.1) is 0 Å². The number of amides is 2. The zero-order chi connectivity index (χ0) is 19.5. The highest BCUT2D eigenvalue weighted by atomic mass is 32.2. The zero-order valence-electron chi connectivity index (χ0n) is 15.6. The van der Waals surface area contributed by atoms with Crippen LogP contribution in [0.5, 0.6) is 0 Å². The lowest BCUT2D eigenvalue weighted by Gasteiger charge is -2.45. The third-order valence-electron chi connectivity index (χ3n) is 5.14. The van der Waals surface area contributed by atoms with Gasteiger partial charge in [0.1, 0.15) is 6.10 Å². The quantitative estimate of drug-likeness (QED) is 0.745. The molecule has 150 valence electrons. The first-order valence-corrected chi connectivity index (χ1v) is 10.9. The Bertz CT molecular complexity index is 782. The molecule has 9 nitrogen and oxygen atoms in total. The molecule has 1 aromatic heterocycles. The Morgan fingerprint density at radius 3 is 2.78 bits per heavy atom. The van der Waals surface area contributed by atoms with Crippen molar-refractivity contribution >= 4 is 21.5 Å². The molecule has 0 aromatic carbocycles. The lowest BCUT2D eigenvalue weighted by Crippen LogP contribution is -2.58. The maximum atomic E-state index is 12.9. The molecule has 0 bridgehead atoms. The molecule has 2 saturated heterocycles. The van der Waals surface area contributed by atoms with Gasteiger partial charge in [-0.15, -0.1) is 0 Å². The molecule has 2 amide bonds. The van der Waals surface area contributed by atoms with Crippen molar-refractivity contribution in [2.24, 2.45) is 4.36 Å². The second-order valence-corrected chi connectivity index (χ2v) is 9.41. The predicted molar refractivity (Wildman–Crippen MR) is 96.7 cm³/mol. The summed E-state index contributed by atoms with van der Waals surface area (Å²) in [5.74, 6) is -0.221. The van der Waals surface area contributed by atoms with Crippen LogP contribution in [0.3, 0.4) is 0 Å². The molecule has 2 aliphatic heterocycles. The van der Waals surface area contributed by atoms with Gasteiger partial charge in [-0.25, -0.2) is 9.19 Å². The van der Waals surface area contributed by atoms with E-state index in [0.717, 1.165) is 6.39 Å². The number of hydrogen-bond acceptors (Lipinski definition) is 7. The minimum atomic E-state index is -2.67. The summed E-state index contributed by atoms with van der Waals surface area (Å²) in [5, 5.41) is 0. The maximum Gasteiger partial charge on any atom is 0.322 e. The fraction of sp³-hybridized carbons (Fsp3) is 0.706. The van der Waals surface area contributed by atoms with Gasteiger partial charge in [-0.2, -0.15) is 4.36 Å². The average molecular weight is 399 g/mol. The van der Waals surface area contributed by atoms with E-state index in [2.05, 4.69) is 9.35 Å². The third-order valence-corrected chi connectivity index (χ3v) is 7.32. The number of nitrogens with zero attached hydrogens (tertiary/aromatic N) is 3. The van der Waals surface area contributed by atoms with Crippen molar-refractivity contribution in [1.82, 2.24) is 9.88 Å². The Hall–Kier alpha value is -1.78. The molecule has 1 atom stereocenters. The van der Waals surface area contributed by atoms with Gasteiger partial charge in [-0.3, -0.25) is 9.59 Å². The van der Waals surface area contributed by atoms with Crippen LogP contribution >= 0.6 is 0 Å². The van der Waals surface area contributed by atoms with E-state index in [0.29, 0.717) is 39.0 Å². The first-order chi connectivity index (χ1) is 12.9. The maximum absolute atomic E-state index is 12.9. The molecule has 0 radical (unpaired) electrons. The monoisotopic (exact) mass is 399 g/mol. The van der Waals surface area contributed by atoms with E-state index in [9.17, 15) is 13.8 Å². The molecule has 2 fully saturated rings. The molecule has 27 heavy (non-hydrogen) atoms. The predicted octanol–water partition coefficient (Wildman–Crippen LogP) is 1.10. The summed E-state index contributed by atoms with van der Waals surface area (Å²) in [6, 6.07) is 0. The van der Waals surface area contributed by atoms with Crippen molar-refractivity contribution in [2.45, 2.75) is 37.9 Å². The molecule has 0 aliphatic carbocycles. The summed E-state index contributed by atoms with van der Waals surface area (Å²) in [7, 11) is -1.14. The smallest absolute Gasteiger partial charge is 0.322 e. The highest BCUT2D eigenvalue weighted by Gasteiger charge is 2.43. The number of ether oxygens (including phenoxy) is 2. The number of carbonyl (C=O) groups is 2. The van der Waals surface area contributed by atoms with Crippen molar-refractivity contribution in [3.05, 3.63) is 18.4 Å². The van der Waals surface area contributed by atoms with Gasteiger partial charge < -0.3 is 18.8 Å². The lowest BCUT2D eigenvalue weighted by atomic mass is 9.94. The van der Waals surface area contributed by atoms with Crippen LogP contribution in [0.4, 0.5) is 0 Å². The molecule has 1 spiro atoms. The van der Waals surface area contributed by atoms with E-state index in [-0.39, 0.29) is 23.2 Å². The van der Waals surface area contributed by atoms with Crippen molar-refractivity contribution in [2.75, 3.05) is 38.3 Å². The van der Waals surface area contributed by atoms with Crippen molar-refractivity contribution in [3.63, 3.8) is 0 Å². The number of methoxy groups -OCH3 is 1. The number of oxazole rings is 1. The van der Waals surface area contributed by atoms with Crippen LogP contribution in [0.1, 0.15) is 36.7 Å². The first-order valence-electron chi connectivity index (χ1n) is 9.01. The van der Waals surface area contributed by atoms with Crippen LogP contribution < -0.4 is 0 Å². The Morgan fingerprint density at radius 2 is 2.19 bits per heavy atom. The molecule has 1 unspecified atom stereocenters. The summed E-state index contributed by atoms with van der Waals surface area (Å²) in [5.41, 5.74) is -0.536. The summed E-state index contributed by atoms with van der Waals surface area (Å²) in [6.07, 6.45) is 3.50. The number of morpholine rings is 1. The normalized spacial score (nSPS) is 29.5. The molecule has 1 aromatic rings. The minimum absolute atomic E-state index is 0.0196. The molecule has 2 aliphatic rings. The highest BCUT2D eigenvalue weighted by Crippen LogP contribution is 2.32. The van der Waals surface area contributed by atoms with E-state index in [4.69, 9.17) is 13.9 Å². The fourth-order valence-corrected chi connectivity index (χ4v) is 5.67. The molecular weight excluding hydrogens is 374 g/mol. The Labute approximate surface area is 158 Å². The summed E-state index contributed by atoms with van der Waals surface area (Å²) < 4.78 is 33.0. The fourth-order valence-electron chi connectivity index (χ4n) is 3.51. The Kier molecular flexibility index (Phi) is 5.97. The van der Waals surface area contributed by atoms with E-state index in [1.54, 1.807) is 4.90 Å². The number of aromatic nitrogens is 1. The van der Waals surface area contributed by atoms with Crippen LogP contribution in [0.2, 0.25) is 0 Å². The van der Waals surface area contributed by atoms with E-state index in [1.165, 1.54) is 13.3 Å². The molecule has 0 saturated carbocycles. The van der Waals surface area contributed by atoms with Gasteiger partial charge >= 0.3 is 5.91 Å². The number of rotatable bonds is 4. The van der Waals surface area contributed by atoms with E-state index >= 15 is 0 Å². The van der Waals surface area contributed by atoms with Gasteiger partial charge in [0.05, 0.1) is 28.1 Å². The SMILES string of the molecule is CCC(OC)C(=O)N1CCOC2(CCS(=O)(=NC(=O)c3cnco3)CC2)C1. The van der Waals surface area contributed by atoms with Crippen LogP contribution in [-0.4, -0.2) is 75.9 Å². The topological polar surface area (TPSA) is 111 Å². The summed E-state index contributed by atoms with van der Waals surface area (Å²) in [6.45, 7) is 3.30. The third kappa shape index (κ3) is 4.39. The van der Waals surface area contributed by atoms with Gasteiger partial charge in [0, 0.05) is 31.7 Å². The number of hydrogen-bond donors (Lipinski definition) is 0. The molecule has 3 heterocycles. The zero-order valence-corrected chi connectivity index (χ0v) is 16.4. The highest BCUT2D eigenvalue weighted by molar-refractivity contribution is 7.93. The molecule has 3 rings (SSSR count). The lowest BCUT2D eigenvalue weighted by molar-refractivity contribution is -0.161. The van der Waals surface area contributed by atoms with Gasteiger partial charge in [0.25, 0.3) is 5.91 Å². The molecular formula is C17H25N3O6S. The molecule has 0 N–H and O–H groups in total. The van der Waals surface area contributed by atoms with Crippen molar-refractivity contribution < 1.29 is 27.7 Å². The molecule has 10 heteroatoms. The van der Waals surface area contributed by atoms with E-state index in [1.807, 2.05) is 6.92 Å². The second kappa shape index (κ2) is 8.07. The van der Waals surface area contributed by atoms with Gasteiger partial charge in [-0.1, -0.05) is 6.92 Å². The van der Waals surface area contributed by atoms with Gasteiger partial charge in [0.2, 0.25) is 5.76 Å². The first kappa shape index (κ1) is 20.0. The average Bonchev–Trinajstić information content (AvgIpc) is 3.21. The second-order valence-electron chi connectivity index (χ2n) is 6.87. The van der Waals surface area contributed by atoms with Crippen LogP contribution in [0.25, 0.3) is 0 Å². The Balaban J connectivity index is 1.67. The minimum Gasteiger partial charge on any atom is -0.438 e. The van der Waals surface area contributed by atoms with Gasteiger partial charge in [-0.05, 0) is 19.3 Å². The van der Waals surface area contributed by atoms with Crippen molar-refractivity contribution in [3.8, 4) is 0 Å². The Morgan fingerprint density at radius 1 is 1.44 bits per heavy atom.